The van der Waals surface area contributed by atoms with Crippen LogP contribution in [0, 0.1) is 5.82 Å². The van der Waals surface area contributed by atoms with Gasteiger partial charge in [0.25, 0.3) is 0 Å². The van der Waals surface area contributed by atoms with Crippen LogP contribution in [0.4, 0.5) is 9.18 Å². The minimum absolute atomic E-state index is 0.0253. The van der Waals surface area contributed by atoms with Crippen LogP contribution in [0.1, 0.15) is 27.7 Å². The number of ether oxygens (including phenoxy) is 1. The summed E-state index contributed by atoms with van der Waals surface area (Å²) in [4.78, 5) is 12.6. The van der Waals surface area contributed by atoms with Gasteiger partial charge in [0.15, 0.2) is 11.6 Å². The van der Waals surface area contributed by atoms with E-state index >= 15 is 0 Å². The van der Waals surface area contributed by atoms with Gasteiger partial charge in [0.05, 0.1) is 11.1 Å². The predicted molar refractivity (Wildman–Crippen MR) is 83.7 cm³/mol. The molecular formula is C14H18BrClFNO3. The Morgan fingerprint density at radius 1 is 1.52 bits per heavy atom. The molecule has 21 heavy (non-hydrogen) atoms. The van der Waals surface area contributed by atoms with E-state index in [4.69, 9.17) is 16.3 Å². The van der Waals surface area contributed by atoms with Crippen LogP contribution in [0.3, 0.4) is 0 Å². The molecule has 4 nitrogen and oxygen atoms in total. The maximum atomic E-state index is 13.7. The number of rotatable bonds is 4. The van der Waals surface area contributed by atoms with E-state index in [1.807, 2.05) is 0 Å². The van der Waals surface area contributed by atoms with Crippen molar-refractivity contribution < 1.29 is 19.0 Å². The van der Waals surface area contributed by atoms with Gasteiger partial charge in [-0.05, 0) is 55.8 Å². The van der Waals surface area contributed by atoms with E-state index in [1.165, 1.54) is 11.0 Å². The SMILES string of the molecule is C[C@@H](COc1cc(Br)c(Cl)cc1F)N(C(=O)O)C(C)(C)C. The molecule has 0 spiro atoms. The second kappa shape index (κ2) is 6.83. The first kappa shape index (κ1) is 18.0. The van der Waals surface area contributed by atoms with Crippen molar-refractivity contribution in [2.45, 2.75) is 39.3 Å². The van der Waals surface area contributed by atoms with Crippen molar-refractivity contribution in [2.24, 2.45) is 0 Å². The number of nitrogens with zero attached hydrogens (tertiary/aromatic N) is 1. The topological polar surface area (TPSA) is 49.8 Å². The zero-order chi connectivity index (χ0) is 16.4. The van der Waals surface area contributed by atoms with Crippen molar-refractivity contribution in [3.63, 3.8) is 0 Å². The highest BCUT2D eigenvalue weighted by Crippen LogP contribution is 2.30. The van der Waals surface area contributed by atoms with E-state index < -0.39 is 23.5 Å². The van der Waals surface area contributed by atoms with Gasteiger partial charge in [-0.25, -0.2) is 9.18 Å². The highest BCUT2D eigenvalue weighted by atomic mass is 79.9. The van der Waals surface area contributed by atoms with Crippen LogP contribution in [-0.4, -0.2) is 34.3 Å². The zero-order valence-corrected chi connectivity index (χ0v) is 14.6. The largest absolute Gasteiger partial charge is 0.488 e. The molecule has 1 N–H and O–H groups in total. The molecule has 0 aliphatic rings. The van der Waals surface area contributed by atoms with Crippen LogP contribution in [-0.2, 0) is 0 Å². The maximum Gasteiger partial charge on any atom is 0.408 e. The lowest BCUT2D eigenvalue weighted by atomic mass is 10.0. The van der Waals surface area contributed by atoms with E-state index in [0.717, 1.165) is 6.07 Å². The maximum absolute atomic E-state index is 13.7. The smallest absolute Gasteiger partial charge is 0.408 e. The van der Waals surface area contributed by atoms with Gasteiger partial charge in [0, 0.05) is 10.0 Å². The number of halogens is 3. The highest BCUT2D eigenvalue weighted by molar-refractivity contribution is 9.10. The summed E-state index contributed by atoms with van der Waals surface area (Å²) >= 11 is 8.96. The van der Waals surface area contributed by atoms with Gasteiger partial charge < -0.3 is 9.84 Å². The lowest BCUT2D eigenvalue weighted by Gasteiger charge is -2.37. The third-order valence-corrected chi connectivity index (χ3v) is 4.02. The number of amides is 1. The van der Waals surface area contributed by atoms with Gasteiger partial charge in [0.1, 0.15) is 6.61 Å². The van der Waals surface area contributed by atoms with E-state index in [1.54, 1.807) is 27.7 Å². The number of benzene rings is 1. The third kappa shape index (κ3) is 4.74. The summed E-state index contributed by atoms with van der Waals surface area (Å²) in [6.45, 7) is 7.11. The molecule has 0 radical (unpaired) electrons. The van der Waals surface area contributed by atoms with Crippen LogP contribution in [0.2, 0.25) is 5.02 Å². The molecule has 0 fully saturated rings. The molecule has 0 unspecified atom stereocenters. The molecular weight excluding hydrogens is 365 g/mol. The number of hydrogen-bond donors (Lipinski definition) is 1. The van der Waals surface area contributed by atoms with Crippen molar-refractivity contribution >= 4 is 33.6 Å². The minimum Gasteiger partial charge on any atom is -0.488 e. The van der Waals surface area contributed by atoms with Crippen LogP contribution in [0.15, 0.2) is 16.6 Å². The van der Waals surface area contributed by atoms with Crippen molar-refractivity contribution in [3.8, 4) is 5.75 Å². The Morgan fingerprint density at radius 3 is 2.57 bits per heavy atom. The van der Waals surface area contributed by atoms with Crippen LogP contribution in [0.5, 0.6) is 5.75 Å². The molecule has 1 aromatic carbocycles. The summed E-state index contributed by atoms with van der Waals surface area (Å²) in [6, 6.07) is 2.13. The van der Waals surface area contributed by atoms with Crippen molar-refractivity contribution in [1.82, 2.24) is 4.90 Å². The zero-order valence-electron chi connectivity index (χ0n) is 12.3. The molecule has 1 atom stereocenters. The van der Waals surface area contributed by atoms with E-state index in [9.17, 15) is 14.3 Å². The molecule has 0 bridgehead atoms. The molecule has 118 valence electrons. The lowest BCUT2D eigenvalue weighted by Crippen LogP contribution is -2.52. The Labute approximate surface area is 137 Å². The second-order valence-electron chi connectivity index (χ2n) is 5.68. The van der Waals surface area contributed by atoms with Gasteiger partial charge in [-0.1, -0.05) is 11.6 Å². The summed E-state index contributed by atoms with van der Waals surface area (Å²) in [5.74, 6) is -0.564. The average Bonchev–Trinajstić information content (AvgIpc) is 2.29. The lowest BCUT2D eigenvalue weighted by molar-refractivity contribution is 0.0571. The Balaban J connectivity index is 2.83. The molecule has 0 aliphatic carbocycles. The molecule has 1 amide bonds. The van der Waals surface area contributed by atoms with Gasteiger partial charge in [-0.2, -0.15) is 0 Å². The third-order valence-electron chi connectivity index (χ3n) is 2.82. The fourth-order valence-electron chi connectivity index (χ4n) is 2.04. The molecule has 1 rings (SSSR count). The molecule has 0 saturated carbocycles. The van der Waals surface area contributed by atoms with Crippen molar-refractivity contribution in [1.29, 1.82) is 0 Å². The first-order chi connectivity index (χ1) is 9.54. The fourth-order valence-corrected chi connectivity index (χ4v) is 2.51. The second-order valence-corrected chi connectivity index (χ2v) is 6.94. The minimum atomic E-state index is -1.05. The first-order valence-electron chi connectivity index (χ1n) is 6.33. The van der Waals surface area contributed by atoms with E-state index in [0.29, 0.717) is 4.47 Å². The Hall–Kier alpha value is -1.01. The number of carbonyl (C=O) groups is 1. The molecule has 1 aromatic rings. The van der Waals surface area contributed by atoms with E-state index in [-0.39, 0.29) is 17.4 Å². The highest BCUT2D eigenvalue weighted by Gasteiger charge is 2.31. The Bertz CT molecular complexity index is 534. The molecule has 0 aromatic heterocycles. The average molecular weight is 383 g/mol. The van der Waals surface area contributed by atoms with Crippen molar-refractivity contribution in [3.05, 3.63) is 27.4 Å². The van der Waals surface area contributed by atoms with Crippen LogP contribution in [0.25, 0.3) is 0 Å². The molecule has 7 heteroatoms. The van der Waals surface area contributed by atoms with Gasteiger partial charge in [0.2, 0.25) is 0 Å². The molecule has 0 heterocycles. The summed E-state index contributed by atoms with van der Waals surface area (Å²) in [6.07, 6.45) is -1.05. The van der Waals surface area contributed by atoms with Crippen LogP contribution < -0.4 is 4.74 Å². The van der Waals surface area contributed by atoms with Gasteiger partial charge in [-0.15, -0.1) is 0 Å². The summed E-state index contributed by atoms with van der Waals surface area (Å²) in [7, 11) is 0. The molecule has 0 aliphatic heterocycles. The summed E-state index contributed by atoms with van der Waals surface area (Å²) in [5.41, 5.74) is -0.576. The van der Waals surface area contributed by atoms with Gasteiger partial charge >= 0.3 is 6.09 Å². The fraction of sp³-hybridized carbons (Fsp3) is 0.500. The van der Waals surface area contributed by atoms with Gasteiger partial charge in [-0.3, -0.25) is 4.90 Å². The molecule has 0 saturated heterocycles. The van der Waals surface area contributed by atoms with Crippen LogP contribution >= 0.6 is 27.5 Å². The monoisotopic (exact) mass is 381 g/mol. The quantitative estimate of drug-likeness (QED) is 0.762. The number of hydrogen-bond acceptors (Lipinski definition) is 2. The predicted octanol–water partition coefficient (Wildman–Crippen LogP) is 4.79. The summed E-state index contributed by atoms with van der Waals surface area (Å²) < 4.78 is 19.6. The summed E-state index contributed by atoms with van der Waals surface area (Å²) in [5, 5.41) is 9.53. The Kier molecular flexibility index (Phi) is 5.87. The Morgan fingerprint density at radius 2 is 2.10 bits per heavy atom. The van der Waals surface area contributed by atoms with Crippen molar-refractivity contribution in [2.75, 3.05) is 6.61 Å². The number of carboxylic acid groups (broad SMARTS) is 1. The van der Waals surface area contributed by atoms with E-state index in [2.05, 4.69) is 15.9 Å². The normalized spacial score (nSPS) is 12.9. The standard InChI is InChI=1S/C14H18BrClFNO3/c1-8(18(13(19)20)14(2,3)4)7-21-12-5-9(15)10(16)6-11(12)17/h5-6,8H,7H2,1-4H3,(H,19,20)/t8-/m0/s1. The first-order valence-corrected chi connectivity index (χ1v) is 7.50.